The molecule has 0 radical (unpaired) electrons. The number of hydrogen-bond acceptors (Lipinski definition) is 4. The van der Waals surface area contributed by atoms with Crippen LogP contribution >= 0.6 is 0 Å². The summed E-state index contributed by atoms with van der Waals surface area (Å²) in [5.74, 6) is 0. The number of aromatic nitrogens is 2. The van der Waals surface area contributed by atoms with Gasteiger partial charge >= 0.3 is 0 Å². The topological polar surface area (TPSA) is 83.8 Å². The molecule has 0 spiro atoms. The van der Waals surface area contributed by atoms with Gasteiger partial charge in [-0.3, -0.25) is 15.2 Å². The molecule has 1 aromatic carbocycles. The van der Waals surface area contributed by atoms with Crippen molar-refractivity contribution in [2.45, 2.75) is 19.9 Å². The van der Waals surface area contributed by atoms with Gasteiger partial charge in [-0.1, -0.05) is 13.0 Å². The number of nitro benzene ring substituents is 1. The maximum absolute atomic E-state index is 10.9. The first kappa shape index (κ1) is 12.1. The molecule has 0 aliphatic carbocycles. The summed E-state index contributed by atoms with van der Waals surface area (Å²) in [5.41, 5.74) is 2.56. The lowest BCUT2D eigenvalue weighted by Gasteiger charge is -2.06. The molecule has 2 aromatic rings. The van der Waals surface area contributed by atoms with Gasteiger partial charge < -0.3 is 5.32 Å². The van der Waals surface area contributed by atoms with Gasteiger partial charge in [0.1, 0.15) is 0 Å². The predicted molar refractivity (Wildman–Crippen MR) is 68.4 cm³/mol. The number of aryl methyl sites for hydroxylation is 1. The smallest absolute Gasteiger partial charge is 0.274 e. The summed E-state index contributed by atoms with van der Waals surface area (Å²) in [6.07, 6.45) is 2.32. The summed E-state index contributed by atoms with van der Waals surface area (Å²) in [4.78, 5) is 10.6. The molecular formula is C12H14N4O2. The van der Waals surface area contributed by atoms with Gasteiger partial charge in [0.15, 0.2) is 0 Å². The molecule has 1 heterocycles. The lowest BCUT2D eigenvalue weighted by molar-refractivity contribution is -0.385. The van der Waals surface area contributed by atoms with E-state index < -0.39 is 0 Å². The van der Waals surface area contributed by atoms with Crippen LogP contribution < -0.4 is 5.32 Å². The van der Waals surface area contributed by atoms with Crippen molar-refractivity contribution in [3.63, 3.8) is 0 Å². The second kappa shape index (κ2) is 5.31. The maximum atomic E-state index is 10.9. The van der Waals surface area contributed by atoms with Crippen LogP contribution in [0.3, 0.4) is 0 Å². The highest BCUT2D eigenvalue weighted by Gasteiger charge is 2.12. The number of rotatable bonds is 5. The van der Waals surface area contributed by atoms with Crippen LogP contribution in [-0.2, 0) is 13.0 Å². The molecule has 0 saturated heterocycles. The molecule has 0 bridgehead atoms. The minimum absolute atomic E-state index is 0.159. The largest absolute Gasteiger partial charge is 0.379 e. The summed E-state index contributed by atoms with van der Waals surface area (Å²) in [6.45, 7) is 2.46. The first-order valence-corrected chi connectivity index (χ1v) is 5.70. The Bertz CT molecular complexity index is 537. The molecule has 0 fully saturated rings. The lowest BCUT2D eigenvalue weighted by atomic mass is 10.1. The second-order valence-corrected chi connectivity index (χ2v) is 3.89. The molecule has 1 aromatic heterocycles. The van der Waals surface area contributed by atoms with Crippen molar-refractivity contribution < 1.29 is 4.92 Å². The van der Waals surface area contributed by atoms with Gasteiger partial charge in [-0.15, -0.1) is 0 Å². The Hall–Kier alpha value is -2.37. The third-order valence-electron chi connectivity index (χ3n) is 2.70. The van der Waals surface area contributed by atoms with Crippen LogP contribution in [0.2, 0.25) is 0 Å². The number of aromatic amines is 1. The zero-order valence-corrected chi connectivity index (χ0v) is 10.0. The number of nitrogens with zero attached hydrogens (tertiary/aromatic N) is 2. The normalized spacial score (nSPS) is 10.3. The van der Waals surface area contributed by atoms with Gasteiger partial charge in [-0.2, -0.15) is 5.10 Å². The van der Waals surface area contributed by atoms with Crippen molar-refractivity contribution >= 4 is 11.4 Å². The Morgan fingerprint density at radius 2 is 2.28 bits per heavy atom. The van der Waals surface area contributed by atoms with E-state index in [4.69, 9.17) is 0 Å². The van der Waals surface area contributed by atoms with Crippen molar-refractivity contribution in [2.24, 2.45) is 0 Å². The van der Waals surface area contributed by atoms with Crippen LogP contribution in [0.5, 0.6) is 0 Å². The van der Waals surface area contributed by atoms with Crippen molar-refractivity contribution in [3.8, 4) is 0 Å². The average molecular weight is 246 g/mol. The molecule has 0 amide bonds. The molecule has 0 atom stereocenters. The Balaban J connectivity index is 2.14. The van der Waals surface area contributed by atoms with Crippen molar-refractivity contribution in [1.29, 1.82) is 0 Å². The van der Waals surface area contributed by atoms with Crippen LogP contribution in [0.15, 0.2) is 30.5 Å². The third-order valence-corrected chi connectivity index (χ3v) is 2.70. The molecule has 0 unspecified atom stereocenters. The predicted octanol–water partition coefficient (Wildman–Crippen LogP) is 2.49. The molecule has 6 nitrogen and oxygen atoms in total. The van der Waals surface area contributed by atoms with E-state index in [0.29, 0.717) is 13.0 Å². The molecule has 94 valence electrons. The molecular weight excluding hydrogens is 232 g/mol. The summed E-state index contributed by atoms with van der Waals surface area (Å²) in [7, 11) is 0. The molecule has 6 heteroatoms. The Labute approximate surface area is 104 Å². The minimum Gasteiger partial charge on any atom is -0.379 e. The van der Waals surface area contributed by atoms with E-state index in [1.165, 1.54) is 0 Å². The Morgan fingerprint density at radius 3 is 2.89 bits per heavy atom. The second-order valence-electron chi connectivity index (χ2n) is 3.89. The van der Waals surface area contributed by atoms with E-state index in [-0.39, 0.29) is 10.6 Å². The summed E-state index contributed by atoms with van der Waals surface area (Å²) >= 11 is 0. The fourth-order valence-electron chi connectivity index (χ4n) is 1.72. The maximum Gasteiger partial charge on any atom is 0.274 e. The van der Waals surface area contributed by atoms with Crippen LogP contribution in [0.25, 0.3) is 0 Å². The van der Waals surface area contributed by atoms with Crippen LogP contribution in [0.4, 0.5) is 11.4 Å². The fraction of sp³-hybridized carbons (Fsp3) is 0.250. The highest BCUT2D eigenvalue weighted by atomic mass is 16.6. The van der Waals surface area contributed by atoms with E-state index in [0.717, 1.165) is 16.9 Å². The van der Waals surface area contributed by atoms with E-state index in [1.807, 2.05) is 19.1 Å². The lowest BCUT2D eigenvalue weighted by Crippen LogP contribution is -2.02. The first-order chi connectivity index (χ1) is 8.70. The molecule has 2 rings (SSSR count). The summed E-state index contributed by atoms with van der Waals surface area (Å²) < 4.78 is 0. The molecule has 2 N–H and O–H groups in total. The van der Waals surface area contributed by atoms with Gasteiger partial charge in [0.2, 0.25) is 0 Å². The van der Waals surface area contributed by atoms with Crippen LogP contribution in [-0.4, -0.2) is 15.1 Å². The van der Waals surface area contributed by atoms with Crippen LogP contribution in [0.1, 0.15) is 18.2 Å². The fourth-order valence-corrected chi connectivity index (χ4v) is 1.72. The van der Waals surface area contributed by atoms with Gasteiger partial charge in [0.05, 0.1) is 17.2 Å². The monoisotopic (exact) mass is 246 g/mol. The van der Waals surface area contributed by atoms with Crippen molar-refractivity contribution in [3.05, 3.63) is 51.8 Å². The van der Waals surface area contributed by atoms with Gasteiger partial charge in [-0.25, -0.2) is 0 Å². The molecule has 0 saturated carbocycles. The SMILES string of the molecule is CCc1ccc(NCc2ccn[nH]2)cc1[N+](=O)[O-]. The zero-order valence-electron chi connectivity index (χ0n) is 10.0. The van der Waals surface area contributed by atoms with Crippen molar-refractivity contribution in [1.82, 2.24) is 10.2 Å². The first-order valence-electron chi connectivity index (χ1n) is 5.70. The minimum atomic E-state index is -0.347. The van der Waals surface area contributed by atoms with Crippen LogP contribution in [0, 0.1) is 10.1 Å². The van der Waals surface area contributed by atoms with E-state index in [9.17, 15) is 10.1 Å². The highest BCUT2D eigenvalue weighted by Crippen LogP contribution is 2.23. The summed E-state index contributed by atoms with van der Waals surface area (Å²) in [6, 6.07) is 7.05. The number of benzene rings is 1. The van der Waals surface area contributed by atoms with Gasteiger partial charge in [0.25, 0.3) is 5.69 Å². The average Bonchev–Trinajstić information content (AvgIpc) is 2.89. The van der Waals surface area contributed by atoms with E-state index in [2.05, 4.69) is 15.5 Å². The van der Waals surface area contributed by atoms with E-state index in [1.54, 1.807) is 18.3 Å². The number of nitro groups is 1. The number of nitrogens with one attached hydrogen (secondary N) is 2. The Morgan fingerprint density at radius 1 is 1.44 bits per heavy atom. The number of hydrogen-bond donors (Lipinski definition) is 2. The van der Waals surface area contributed by atoms with Gasteiger partial charge in [0, 0.05) is 23.5 Å². The van der Waals surface area contributed by atoms with E-state index >= 15 is 0 Å². The van der Waals surface area contributed by atoms with Crippen molar-refractivity contribution in [2.75, 3.05) is 5.32 Å². The molecule has 18 heavy (non-hydrogen) atoms. The molecule has 0 aliphatic rings. The number of H-pyrrole nitrogens is 1. The zero-order chi connectivity index (χ0) is 13.0. The third kappa shape index (κ3) is 2.65. The highest BCUT2D eigenvalue weighted by molar-refractivity contribution is 5.55. The van der Waals surface area contributed by atoms with Gasteiger partial charge in [-0.05, 0) is 18.6 Å². The Kier molecular flexibility index (Phi) is 3.57. The summed E-state index contributed by atoms with van der Waals surface area (Å²) in [5, 5.41) is 20.7. The molecule has 0 aliphatic heterocycles. The number of anilines is 1. The quantitative estimate of drug-likeness (QED) is 0.627. The standard InChI is InChI=1S/C12H14N4O2/c1-2-9-3-4-10(7-12(9)16(17)18)13-8-11-5-6-14-15-11/h3-7,13H,2,8H2,1H3,(H,14,15).